The van der Waals surface area contributed by atoms with Crippen LogP contribution in [0.2, 0.25) is 5.02 Å². The van der Waals surface area contributed by atoms with Crippen LogP contribution in [0.15, 0.2) is 24.3 Å². The lowest BCUT2D eigenvalue weighted by Gasteiger charge is -2.41. The van der Waals surface area contributed by atoms with E-state index in [-0.39, 0.29) is 18.0 Å². The van der Waals surface area contributed by atoms with Crippen LogP contribution in [0, 0.1) is 0 Å². The van der Waals surface area contributed by atoms with E-state index in [1.54, 1.807) is 31.2 Å². The van der Waals surface area contributed by atoms with E-state index in [1.807, 2.05) is 4.90 Å². The van der Waals surface area contributed by atoms with Gasteiger partial charge in [0.1, 0.15) is 5.75 Å². The predicted molar refractivity (Wildman–Crippen MR) is 84.5 cm³/mol. The first kappa shape index (κ1) is 16.1. The van der Waals surface area contributed by atoms with E-state index in [4.69, 9.17) is 22.1 Å². The Labute approximate surface area is 131 Å². The van der Waals surface area contributed by atoms with Gasteiger partial charge in [0.15, 0.2) is 6.10 Å². The smallest absolute Gasteiger partial charge is 0.263 e. The largest absolute Gasteiger partial charge is 0.481 e. The monoisotopic (exact) mass is 310 g/mol. The Balaban J connectivity index is 2.06. The summed E-state index contributed by atoms with van der Waals surface area (Å²) in [5, 5.41) is 0.596. The fraction of sp³-hybridized carbons (Fsp3) is 0.562. The maximum absolute atomic E-state index is 12.7. The normalized spacial score (nSPS) is 23.7. The quantitative estimate of drug-likeness (QED) is 0.930. The Morgan fingerprint density at radius 1 is 1.52 bits per heavy atom. The molecule has 4 nitrogen and oxygen atoms in total. The highest BCUT2D eigenvalue weighted by Crippen LogP contribution is 2.25. The van der Waals surface area contributed by atoms with Gasteiger partial charge in [-0.05, 0) is 51.3 Å². The fourth-order valence-electron chi connectivity index (χ4n) is 2.92. The zero-order chi connectivity index (χ0) is 15.4. The van der Waals surface area contributed by atoms with Crippen LogP contribution in [0.1, 0.15) is 33.1 Å². The number of halogens is 1. The molecule has 116 valence electrons. The number of piperidine rings is 1. The molecule has 1 fully saturated rings. The molecule has 1 aliphatic rings. The molecule has 0 spiro atoms. The van der Waals surface area contributed by atoms with Crippen molar-refractivity contribution in [2.24, 2.45) is 5.73 Å². The van der Waals surface area contributed by atoms with Crippen LogP contribution in [-0.2, 0) is 4.79 Å². The molecule has 5 heteroatoms. The maximum Gasteiger partial charge on any atom is 0.263 e. The Bertz CT molecular complexity index is 495. The van der Waals surface area contributed by atoms with Gasteiger partial charge in [-0.25, -0.2) is 0 Å². The molecule has 1 amide bonds. The van der Waals surface area contributed by atoms with Crippen molar-refractivity contribution >= 4 is 17.5 Å². The molecule has 1 saturated heterocycles. The number of nitrogens with two attached hydrogens (primary N) is 1. The third kappa shape index (κ3) is 3.89. The number of rotatable bonds is 4. The highest BCUT2D eigenvalue weighted by molar-refractivity contribution is 6.30. The summed E-state index contributed by atoms with van der Waals surface area (Å²) in [6, 6.07) is 7.43. The summed E-state index contributed by atoms with van der Waals surface area (Å²) in [6.45, 7) is 4.35. The highest BCUT2D eigenvalue weighted by Gasteiger charge is 2.34. The van der Waals surface area contributed by atoms with E-state index in [2.05, 4.69) is 6.92 Å². The minimum Gasteiger partial charge on any atom is -0.481 e. The standard InChI is InChI=1S/C16H23ClN2O2/c1-11-5-3-7-14(10-18)19(11)16(20)12(2)21-15-8-4-6-13(17)9-15/h4,6,8-9,11-12,14H,3,5,7,10,18H2,1-2H3. The molecule has 2 N–H and O–H groups in total. The van der Waals surface area contributed by atoms with Gasteiger partial charge in [0.2, 0.25) is 0 Å². The minimum absolute atomic E-state index is 0.00220. The molecule has 0 aliphatic carbocycles. The number of hydrogen-bond acceptors (Lipinski definition) is 3. The molecule has 1 heterocycles. The van der Waals surface area contributed by atoms with Crippen molar-refractivity contribution in [3.63, 3.8) is 0 Å². The second-order valence-electron chi connectivity index (χ2n) is 5.63. The number of ether oxygens (including phenoxy) is 1. The van der Waals surface area contributed by atoms with Crippen molar-refractivity contribution in [3.05, 3.63) is 29.3 Å². The van der Waals surface area contributed by atoms with E-state index >= 15 is 0 Å². The number of carbonyl (C=O) groups is 1. The number of benzene rings is 1. The van der Waals surface area contributed by atoms with Gasteiger partial charge in [-0.3, -0.25) is 4.79 Å². The summed E-state index contributed by atoms with van der Waals surface area (Å²) in [6.07, 6.45) is 2.57. The zero-order valence-electron chi connectivity index (χ0n) is 12.6. The molecular formula is C16H23ClN2O2. The molecule has 0 bridgehead atoms. The topological polar surface area (TPSA) is 55.6 Å². The number of carbonyl (C=O) groups excluding carboxylic acids is 1. The lowest BCUT2D eigenvalue weighted by molar-refractivity contribution is -0.144. The molecule has 1 aromatic carbocycles. The third-order valence-corrected chi connectivity index (χ3v) is 4.25. The van der Waals surface area contributed by atoms with Gasteiger partial charge < -0.3 is 15.4 Å². The van der Waals surface area contributed by atoms with Gasteiger partial charge in [0, 0.05) is 23.7 Å². The van der Waals surface area contributed by atoms with Crippen LogP contribution >= 0.6 is 11.6 Å². The molecule has 0 radical (unpaired) electrons. The van der Waals surface area contributed by atoms with Crippen molar-refractivity contribution in [2.75, 3.05) is 6.54 Å². The van der Waals surface area contributed by atoms with Gasteiger partial charge in [-0.1, -0.05) is 17.7 Å². The van der Waals surface area contributed by atoms with Crippen molar-refractivity contribution < 1.29 is 9.53 Å². The second-order valence-corrected chi connectivity index (χ2v) is 6.07. The molecule has 21 heavy (non-hydrogen) atoms. The SMILES string of the molecule is CC(Oc1cccc(Cl)c1)C(=O)N1C(C)CCCC1CN. The average Bonchev–Trinajstić information content (AvgIpc) is 2.46. The van der Waals surface area contributed by atoms with Crippen LogP contribution in [0.3, 0.4) is 0 Å². The number of nitrogens with zero attached hydrogens (tertiary/aromatic N) is 1. The minimum atomic E-state index is -0.543. The fourth-order valence-corrected chi connectivity index (χ4v) is 3.10. The molecule has 0 aromatic heterocycles. The second kappa shape index (κ2) is 7.14. The first-order valence-electron chi connectivity index (χ1n) is 7.47. The molecule has 1 aromatic rings. The maximum atomic E-state index is 12.7. The van der Waals surface area contributed by atoms with Crippen molar-refractivity contribution in [3.8, 4) is 5.75 Å². The number of hydrogen-bond donors (Lipinski definition) is 1. The van der Waals surface area contributed by atoms with Gasteiger partial charge in [0.25, 0.3) is 5.91 Å². The zero-order valence-corrected chi connectivity index (χ0v) is 13.3. The summed E-state index contributed by atoms with van der Waals surface area (Å²) in [5.41, 5.74) is 5.81. The van der Waals surface area contributed by atoms with E-state index in [9.17, 15) is 4.79 Å². The lowest BCUT2D eigenvalue weighted by Crippen LogP contribution is -2.55. The lowest BCUT2D eigenvalue weighted by atomic mass is 9.96. The Morgan fingerprint density at radius 3 is 2.95 bits per heavy atom. The van der Waals surface area contributed by atoms with Crippen LogP contribution in [0.4, 0.5) is 0 Å². The number of likely N-dealkylation sites (tertiary alicyclic amines) is 1. The molecule has 2 rings (SSSR count). The Kier molecular flexibility index (Phi) is 5.48. The predicted octanol–water partition coefficient (Wildman–Crippen LogP) is 2.84. The molecule has 3 atom stereocenters. The van der Waals surface area contributed by atoms with Gasteiger partial charge in [0.05, 0.1) is 0 Å². The third-order valence-electron chi connectivity index (χ3n) is 4.01. The highest BCUT2D eigenvalue weighted by atomic mass is 35.5. The molecule has 3 unspecified atom stereocenters. The Hall–Kier alpha value is -1.26. The summed E-state index contributed by atoms with van der Waals surface area (Å²) in [4.78, 5) is 14.6. The Morgan fingerprint density at radius 2 is 2.29 bits per heavy atom. The molecule has 0 saturated carbocycles. The van der Waals surface area contributed by atoms with Crippen LogP contribution in [0.25, 0.3) is 0 Å². The number of amides is 1. The molecular weight excluding hydrogens is 288 g/mol. The average molecular weight is 311 g/mol. The van der Waals surface area contributed by atoms with Gasteiger partial charge in [-0.15, -0.1) is 0 Å². The summed E-state index contributed by atoms with van der Waals surface area (Å²) < 4.78 is 5.73. The van der Waals surface area contributed by atoms with Gasteiger partial charge >= 0.3 is 0 Å². The van der Waals surface area contributed by atoms with Crippen molar-refractivity contribution in [1.29, 1.82) is 0 Å². The van der Waals surface area contributed by atoms with Crippen molar-refractivity contribution in [1.82, 2.24) is 4.90 Å². The van der Waals surface area contributed by atoms with Crippen molar-refractivity contribution in [2.45, 2.75) is 51.3 Å². The van der Waals surface area contributed by atoms with E-state index in [0.29, 0.717) is 17.3 Å². The van der Waals surface area contributed by atoms with Crippen LogP contribution in [0.5, 0.6) is 5.75 Å². The molecule has 1 aliphatic heterocycles. The summed E-state index contributed by atoms with van der Waals surface area (Å²) in [7, 11) is 0. The van der Waals surface area contributed by atoms with E-state index < -0.39 is 6.10 Å². The van der Waals surface area contributed by atoms with E-state index in [0.717, 1.165) is 19.3 Å². The van der Waals surface area contributed by atoms with E-state index in [1.165, 1.54) is 0 Å². The first-order chi connectivity index (χ1) is 10.0. The van der Waals surface area contributed by atoms with Gasteiger partial charge in [-0.2, -0.15) is 0 Å². The first-order valence-corrected chi connectivity index (χ1v) is 7.85. The summed E-state index contributed by atoms with van der Waals surface area (Å²) >= 11 is 5.93. The van der Waals surface area contributed by atoms with Crippen LogP contribution in [-0.4, -0.2) is 35.5 Å². The summed E-state index contributed by atoms with van der Waals surface area (Å²) in [5.74, 6) is 0.606. The van der Waals surface area contributed by atoms with Crippen LogP contribution < -0.4 is 10.5 Å².